The fourth-order valence-electron chi connectivity index (χ4n) is 1.23. The number of carbonyl (C=O) groups is 3. The summed E-state index contributed by atoms with van der Waals surface area (Å²) in [6, 6.07) is -1.42. The Bertz CT molecular complexity index is 355. The predicted octanol–water partition coefficient (Wildman–Crippen LogP) is 0.280. The van der Waals surface area contributed by atoms with Gasteiger partial charge in [0.2, 0.25) is 5.91 Å². The molecule has 9 heteroatoms. The predicted molar refractivity (Wildman–Crippen MR) is 58.1 cm³/mol. The summed E-state index contributed by atoms with van der Waals surface area (Å²) in [6.45, 7) is 2.57. The van der Waals surface area contributed by atoms with E-state index in [0.29, 0.717) is 0 Å². The van der Waals surface area contributed by atoms with Crippen LogP contribution in [0.1, 0.15) is 20.3 Å². The van der Waals surface area contributed by atoms with Gasteiger partial charge in [-0.1, -0.05) is 13.8 Å². The molecule has 0 aromatic carbocycles. The summed E-state index contributed by atoms with van der Waals surface area (Å²) < 4.78 is 36.3. The highest BCUT2D eigenvalue weighted by Crippen LogP contribution is 2.15. The molecule has 0 aliphatic heterocycles. The van der Waals surface area contributed by atoms with Crippen molar-refractivity contribution in [2.45, 2.75) is 32.5 Å². The summed E-state index contributed by atoms with van der Waals surface area (Å²) in [4.78, 5) is 32.5. The maximum atomic E-state index is 12.1. The van der Waals surface area contributed by atoms with Crippen LogP contribution in [0.4, 0.5) is 13.2 Å². The molecule has 0 aliphatic carbocycles. The maximum Gasteiger partial charge on any atom is 0.471 e. The summed E-state index contributed by atoms with van der Waals surface area (Å²) in [7, 11) is 0. The zero-order chi connectivity index (χ0) is 15.2. The Morgan fingerprint density at radius 3 is 2.11 bits per heavy atom. The number of carbonyl (C=O) groups excluding carboxylic acids is 2. The highest BCUT2D eigenvalue weighted by Gasteiger charge is 2.40. The number of aliphatic carboxylic acids is 1. The van der Waals surface area contributed by atoms with Crippen LogP contribution < -0.4 is 10.6 Å². The topological polar surface area (TPSA) is 95.5 Å². The third-order valence-corrected chi connectivity index (χ3v) is 2.00. The van der Waals surface area contributed by atoms with Crippen molar-refractivity contribution < 1.29 is 32.7 Å². The van der Waals surface area contributed by atoms with Crippen LogP contribution in [0.5, 0.6) is 0 Å². The molecule has 19 heavy (non-hydrogen) atoms. The summed E-state index contributed by atoms with van der Waals surface area (Å²) in [5, 5.41) is 11.8. The molecule has 0 saturated heterocycles. The molecular weight excluding hydrogens is 269 g/mol. The zero-order valence-electron chi connectivity index (χ0n) is 10.4. The van der Waals surface area contributed by atoms with Crippen LogP contribution in [-0.2, 0) is 14.4 Å². The standard InChI is InChI=1S/C10H15F3N2O4/c1-5(2)3-6(8(18)14-4-7(16)17)15-9(19)10(11,12)13/h5-6H,3-4H2,1-2H3,(H,14,18)(H,15,19)(H,16,17)/t6-/m0/s1. The van der Waals surface area contributed by atoms with Gasteiger partial charge in [-0.2, -0.15) is 13.2 Å². The first kappa shape index (κ1) is 17.2. The molecule has 0 rings (SSSR count). The number of hydrogen-bond acceptors (Lipinski definition) is 3. The normalized spacial score (nSPS) is 12.9. The lowest BCUT2D eigenvalue weighted by Crippen LogP contribution is -2.51. The molecule has 0 bridgehead atoms. The van der Waals surface area contributed by atoms with E-state index in [2.05, 4.69) is 0 Å². The summed E-state index contributed by atoms with van der Waals surface area (Å²) in [6.07, 6.45) is -5.13. The lowest BCUT2D eigenvalue weighted by molar-refractivity contribution is -0.174. The van der Waals surface area contributed by atoms with Crippen molar-refractivity contribution >= 4 is 17.8 Å². The molecule has 2 amide bonds. The monoisotopic (exact) mass is 284 g/mol. The first-order valence-electron chi connectivity index (χ1n) is 5.41. The number of hydrogen-bond donors (Lipinski definition) is 3. The zero-order valence-corrected chi connectivity index (χ0v) is 10.4. The molecule has 0 spiro atoms. The quantitative estimate of drug-likeness (QED) is 0.653. The number of carboxylic acids is 1. The highest BCUT2D eigenvalue weighted by molar-refractivity contribution is 5.91. The van der Waals surface area contributed by atoms with Crippen LogP contribution in [0.3, 0.4) is 0 Å². The van der Waals surface area contributed by atoms with Gasteiger partial charge in [-0.15, -0.1) is 0 Å². The highest BCUT2D eigenvalue weighted by atomic mass is 19.4. The van der Waals surface area contributed by atoms with Crippen LogP contribution in [-0.4, -0.2) is 41.7 Å². The smallest absolute Gasteiger partial charge is 0.471 e. The van der Waals surface area contributed by atoms with Crippen LogP contribution >= 0.6 is 0 Å². The fourth-order valence-corrected chi connectivity index (χ4v) is 1.23. The summed E-state index contributed by atoms with van der Waals surface area (Å²) in [5.41, 5.74) is 0. The molecule has 0 heterocycles. The second kappa shape index (κ2) is 6.95. The Morgan fingerprint density at radius 1 is 1.21 bits per heavy atom. The first-order chi connectivity index (χ1) is 8.54. The number of alkyl halides is 3. The average molecular weight is 284 g/mol. The Kier molecular flexibility index (Phi) is 6.30. The van der Waals surface area contributed by atoms with Crippen LogP contribution in [0.15, 0.2) is 0 Å². The second-order valence-electron chi connectivity index (χ2n) is 4.26. The molecule has 6 nitrogen and oxygen atoms in total. The van der Waals surface area contributed by atoms with Gasteiger partial charge in [0, 0.05) is 0 Å². The van der Waals surface area contributed by atoms with E-state index in [1.165, 1.54) is 0 Å². The summed E-state index contributed by atoms with van der Waals surface area (Å²) >= 11 is 0. The van der Waals surface area contributed by atoms with E-state index in [1.54, 1.807) is 19.2 Å². The molecule has 0 aromatic heterocycles. The fraction of sp³-hybridized carbons (Fsp3) is 0.700. The Labute approximate surface area is 107 Å². The molecule has 0 radical (unpaired) electrons. The molecule has 0 aliphatic rings. The second-order valence-corrected chi connectivity index (χ2v) is 4.26. The van der Waals surface area contributed by atoms with E-state index in [4.69, 9.17) is 5.11 Å². The average Bonchev–Trinajstić information content (AvgIpc) is 2.22. The van der Waals surface area contributed by atoms with E-state index in [-0.39, 0.29) is 12.3 Å². The molecule has 3 N–H and O–H groups in total. The van der Waals surface area contributed by atoms with Crippen molar-refractivity contribution in [3.8, 4) is 0 Å². The van der Waals surface area contributed by atoms with E-state index in [1.807, 2.05) is 5.32 Å². The van der Waals surface area contributed by atoms with E-state index >= 15 is 0 Å². The van der Waals surface area contributed by atoms with E-state index < -0.39 is 36.5 Å². The first-order valence-corrected chi connectivity index (χ1v) is 5.41. The van der Waals surface area contributed by atoms with Crippen molar-refractivity contribution in [1.29, 1.82) is 0 Å². The minimum atomic E-state index is -5.09. The van der Waals surface area contributed by atoms with Crippen LogP contribution in [0.25, 0.3) is 0 Å². The van der Waals surface area contributed by atoms with Crippen LogP contribution in [0, 0.1) is 5.92 Å². The molecule has 0 aromatic rings. The van der Waals surface area contributed by atoms with Crippen molar-refractivity contribution in [1.82, 2.24) is 10.6 Å². The minimum Gasteiger partial charge on any atom is -0.480 e. The van der Waals surface area contributed by atoms with E-state index in [9.17, 15) is 27.6 Å². The largest absolute Gasteiger partial charge is 0.480 e. The van der Waals surface area contributed by atoms with Crippen molar-refractivity contribution in [2.75, 3.05) is 6.54 Å². The number of amides is 2. The van der Waals surface area contributed by atoms with Gasteiger partial charge >= 0.3 is 18.1 Å². The number of rotatable bonds is 6. The van der Waals surface area contributed by atoms with Gasteiger partial charge in [-0.3, -0.25) is 14.4 Å². The molecule has 0 unspecified atom stereocenters. The Balaban J connectivity index is 4.67. The molecule has 110 valence electrons. The lowest BCUT2D eigenvalue weighted by Gasteiger charge is -2.20. The van der Waals surface area contributed by atoms with Crippen LogP contribution in [0.2, 0.25) is 0 Å². The van der Waals surface area contributed by atoms with E-state index in [0.717, 1.165) is 0 Å². The molecule has 1 atom stereocenters. The lowest BCUT2D eigenvalue weighted by atomic mass is 10.0. The van der Waals surface area contributed by atoms with Gasteiger partial charge < -0.3 is 15.7 Å². The molecule has 0 saturated carbocycles. The van der Waals surface area contributed by atoms with Gasteiger partial charge in [0.15, 0.2) is 0 Å². The van der Waals surface area contributed by atoms with Crippen molar-refractivity contribution in [3.05, 3.63) is 0 Å². The summed E-state index contributed by atoms with van der Waals surface area (Å²) in [5.74, 6) is -4.69. The Morgan fingerprint density at radius 2 is 1.74 bits per heavy atom. The van der Waals surface area contributed by atoms with Gasteiger partial charge in [0.25, 0.3) is 0 Å². The van der Waals surface area contributed by atoms with Crippen molar-refractivity contribution in [3.63, 3.8) is 0 Å². The molecular formula is C10H15F3N2O4. The number of nitrogens with one attached hydrogen (secondary N) is 2. The van der Waals surface area contributed by atoms with Gasteiger partial charge in [0.1, 0.15) is 12.6 Å². The molecule has 0 fully saturated rings. The SMILES string of the molecule is CC(C)C[C@H](NC(=O)C(F)(F)F)C(=O)NCC(=O)O. The minimum absolute atomic E-state index is 0.0345. The maximum absolute atomic E-state index is 12.1. The number of carboxylic acid groups (broad SMARTS) is 1. The third-order valence-electron chi connectivity index (χ3n) is 2.00. The Hall–Kier alpha value is -1.80. The third kappa shape index (κ3) is 7.27. The van der Waals surface area contributed by atoms with Gasteiger partial charge in [-0.25, -0.2) is 0 Å². The number of halogens is 3. The van der Waals surface area contributed by atoms with Gasteiger partial charge in [0.05, 0.1) is 0 Å². The van der Waals surface area contributed by atoms with Crippen molar-refractivity contribution in [2.24, 2.45) is 5.92 Å². The van der Waals surface area contributed by atoms with Gasteiger partial charge in [-0.05, 0) is 12.3 Å².